The molecule has 0 atom stereocenters. The summed E-state index contributed by atoms with van der Waals surface area (Å²) >= 11 is 1.23. The molecule has 1 N–H and O–H groups in total. The predicted molar refractivity (Wildman–Crippen MR) is 132 cm³/mol. The molecule has 8 heteroatoms. The molecule has 6 nitrogen and oxygen atoms in total. The van der Waals surface area contributed by atoms with Crippen molar-refractivity contribution >= 4 is 23.4 Å². The Morgan fingerprint density at radius 2 is 1.68 bits per heavy atom. The monoisotopic (exact) mass is 476 g/mol. The SMILES string of the molecule is Cc1ccc(-n2c(COc3c(C)cccc3C)nnc2SCC(=O)Nc2ccccc2F)cc1. The fraction of sp³-hybridized carbons (Fsp3) is 0.192. The summed E-state index contributed by atoms with van der Waals surface area (Å²) in [4.78, 5) is 12.4. The van der Waals surface area contributed by atoms with Crippen LogP contribution in [0, 0.1) is 26.6 Å². The smallest absolute Gasteiger partial charge is 0.234 e. The first-order valence-electron chi connectivity index (χ1n) is 10.8. The normalized spacial score (nSPS) is 10.8. The minimum absolute atomic E-state index is 0.0517. The van der Waals surface area contributed by atoms with E-state index in [2.05, 4.69) is 15.5 Å². The standard InChI is InChI=1S/C26H25FN4O2S/c1-17-11-13-20(14-12-17)31-23(15-33-25-18(2)7-6-8-19(25)3)29-30-26(31)34-16-24(32)28-22-10-5-4-9-21(22)27/h4-14H,15-16H2,1-3H3,(H,28,32). The fourth-order valence-electron chi connectivity index (χ4n) is 3.48. The zero-order valence-corrected chi connectivity index (χ0v) is 20.0. The van der Waals surface area contributed by atoms with E-state index in [4.69, 9.17) is 4.74 Å². The van der Waals surface area contributed by atoms with Crippen molar-refractivity contribution < 1.29 is 13.9 Å². The lowest BCUT2D eigenvalue weighted by Crippen LogP contribution is -2.15. The molecule has 0 fully saturated rings. The third kappa shape index (κ3) is 5.46. The van der Waals surface area contributed by atoms with E-state index in [0.29, 0.717) is 11.0 Å². The molecule has 34 heavy (non-hydrogen) atoms. The molecule has 4 aromatic rings. The Morgan fingerprint density at radius 3 is 2.38 bits per heavy atom. The number of halogens is 1. The van der Waals surface area contributed by atoms with Gasteiger partial charge >= 0.3 is 0 Å². The van der Waals surface area contributed by atoms with Gasteiger partial charge in [-0.15, -0.1) is 10.2 Å². The Kier molecular flexibility index (Phi) is 7.27. The number of ether oxygens (including phenoxy) is 1. The number of thioether (sulfide) groups is 1. The van der Waals surface area contributed by atoms with E-state index in [-0.39, 0.29) is 24.0 Å². The van der Waals surface area contributed by atoms with Gasteiger partial charge in [0, 0.05) is 5.69 Å². The zero-order chi connectivity index (χ0) is 24.1. The number of carbonyl (C=O) groups is 1. The summed E-state index contributed by atoms with van der Waals surface area (Å²) in [6.45, 7) is 6.24. The van der Waals surface area contributed by atoms with Crippen LogP contribution in [0.25, 0.3) is 5.69 Å². The van der Waals surface area contributed by atoms with E-state index < -0.39 is 5.82 Å². The third-order valence-electron chi connectivity index (χ3n) is 5.23. The second-order valence-corrected chi connectivity index (χ2v) is 8.84. The highest BCUT2D eigenvalue weighted by Crippen LogP contribution is 2.26. The molecule has 0 aliphatic heterocycles. The Bertz CT molecular complexity index is 1280. The van der Waals surface area contributed by atoms with Gasteiger partial charge in [0.2, 0.25) is 5.91 Å². The number of benzene rings is 3. The quantitative estimate of drug-likeness (QED) is 0.333. The second kappa shape index (κ2) is 10.5. The highest BCUT2D eigenvalue weighted by Gasteiger charge is 2.18. The van der Waals surface area contributed by atoms with Crippen molar-refractivity contribution in [3.8, 4) is 11.4 Å². The summed E-state index contributed by atoms with van der Waals surface area (Å²) in [5.74, 6) is 0.676. The van der Waals surface area contributed by atoms with Crippen LogP contribution in [0.15, 0.2) is 71.9 Å². The van der Waals surface area contributed by atoms with Crippen LogP contribution in [0.3, 0.4) is 0 Å². The van der Waals surface area contributed by atoms with Crippen molar-refractivity contribution in [3.63, 3.8) is 0 Å². The van der Waals surface area contributed by atoms with Crippen LogP contribution in [0.5, 0.6) is 5.75 Å². The summed E-state index contributed by atoms with van der Waals surface area (Å²) in [6, 6.07) is 20.0. The van der Waals surface area contributed by atoms with Crippen molar-refractivity contribution in [1.29, 1.82) is 0 Å². The lowest BCUT2D eigenvalue weighted by atomic mass is 10.1. The summed E-state index contributed by atoms with van der Waals surface area (Å²) in [6.07, 6.45) is 0. The third-order valence-corrected chi connectivity index (χ3v) is 6.16. The summed E-state index contributed by atoms with van der Waals surface area (Å²) in [7, 11) is 0. The number of aromatic nitrogens is 3. The number of aryl methyl sites for hydroxylation is 3. The number of amides is 1. The fourth-order valence-corrected chi connectivity index (χ4v) is 4.25. The number of hydrogen-bond donors (Lipinski definition) is 1. The van der Waals surface area contributed by atoms with E-state index >= 15 is 0 Å². The lowest BCUT2D eigenvalue weighted by Gasteiger charge is -2.14. The van der Waals surface area contributed by atoms with Crippen LogP contribution in [-0.4, -0.2) is 26.4 Å². The van der Waals surface area contributed by atoms with Crippen molar-refractivity contribution in [2.75, 3.05) is 11.1 Å². The van der Waals surface area contributed by atoms with Gasteiger partial charge in [0.25, 0.3) is 0 Å². The molecule has 0 aliphatic rings. The molecule has 174 valence electrons. The van der Waals surface area contributed by atoms with Crippen molar-refractivity contribution in [2.24, 2.45) is 0 Å². The molecule has 0 radical (unpaired) electrons. The molecule has 1 amide bonds. The maximum atomic E-state index is 13.9. The molecule has 1 aromatic heterocycles. The highest BCUT2D eigenvalue weighted by molar-refractivity contribution is 7.99. The van der Waals surface area contributed by atoms with Crippen LogP contribution < -0.4 is 10.1 Å². The first-order chi connectivity index (χ1) is 16.4. The number of anilines is 1. The average Bonchev–Trinajstić information content (AvgIpc) is 3.22. The number of para-hydroxylation sites is 2. The van der Waals surface area contributed by atoms with Crippen molar-refractivity contribution in [3.05, 3.63) is 95.1 Å². The first-order valence-corrected chi connectivity index (χ1v) is 11.8. The van der Waals surface area contributed by atoms with Crippen LogP contribution in [0.2, 0.25) is 0 Å². The van der Waals surface area contributed by atoms with Gasteiger partial charge in [0.15, 0.2) is 11.0 Å². The van der Waals surface area contributed by atoms with Gasteiger partial charge in [0.05, 0.1) is 11.4 Å². The largest absolute Gasteiger partial charge is 0.485 e. The van der Waals surface area contributed by atoms with E-state index in [0.717, 1.165) is 28.1 Å². The number of nitrogens with zero attached hydrogens (tertiary/aromatic N) is 3. The summed E-state index contributed by atoms with van der Waals surface area (Å²) in [5.41, 5.74) is 4.23. The van der Waals surface area contributed by atoms with Crippen LogP contribution in [0.1, 0.15) is 22.5 Å². The van der Waals surface area contributed by atoms with E-state index in [1.54, 1.807) is 12.1 Å². The van der Waals surface area contributed by atoms with Gasteiger partial charge in [-0.3, -0.25) is 9.36 Å². The van der Waals surface area contributed by atoms with Gasteiger partial charge in [-0.05, 0) is 56.2 Å². The zero-order valence-electron chi connectivity index (χ0n) is 19.2. The molecule has 0 unspecified atom stereocenters. The minimum atomic E-state index is -0.477. The molecule has 0 aliphatic carbocycles. The van der Waals surface area contributed by atoms with Crippen molar-refractivity contribution in [2.45, 2.75) is 32.5 Å². The lowest BCUT2D eigenvalue weighted by molar-refractivity contribution is -0.113. The highest BCUT2D eigenvalue weighted by atomic mass is 32.2. The van der Waals surface area contributed by atoms with E-state index in [1.165, 1.54) is 23.9 Å². The van der Waals surface area contributed by atoms with Gasteiger partial charge in [0.1, 0.15) is 18.2 Å². The number of carbonyl (C=O) groups excluding carboxylic acids is 1. The molecule has 0 saturated heterocycles. The number of hydrogen-bond acceptors (Lipinski definition) is 5. The molecule has 1 heterocycles. The number of nitrogens with one attached hydrogen (secondary N) is 1. The molecule has 0 bridgehead atoms. The summed E-state index contributed by atoms with van der Waals surface area (Å²) in [5, 5.41) is 11.8. The molecular formula is C26H25FN4O2S. The predicted octanol–water partition coefficient (Wildman–Crippen LogP) is 5.64. The Balaban J connectivity index is 1.55. The van der Waals surface area contributed by atoms with E-state index in [9.17, 15) is 9.18 Å². The Labute approximate surface area is 202 Å². The average molecular weight is 477 g/mol. The Morgan fingerprint density at radius 1 is 0.971 bits per heavy atom. The van der Waals surface area contributed by atoms with Crippen molar-refractivity contribution in [1.82, 2.24) is 14.8 Å². The first kappa shape index (κ1) is 23.5. The molecule has 4 rings (SSSR count). The van der Waals surface area contributed by atoms with Crippen LogP contribution >= 0.6 is 11.8 Å². The van der Waals surface area contributed by atoms with Crippen LogP contribution in [-0.2, 0) is 11.4 Å². The molecular weight excluding hydrogens is 451 g/mol. The second-order valence-electron chi connectivity index (χ2n) is 7.90. The van der Waals surface area contributed by atoms with Gasteiger partial charge in [-0.1, -0.05) is 59.8 Å². The Hall–Kier alpha value is -3.65. The van der Waals surface area contributed by atoms with Gasteiger partial charge in [-0.25, -0.2) is 4.39 Å². The van der Waals surface area contributed by atoms with Crippen LogP contribution in [0.4, 0.5) is 10.1 Å². The topological polar surface area (TPSA) is 69.0 Å². The molecule has 3 aromatic carbocycles. The summed E-state index contributed by atoms with van der Waals surface area (Å²) < 4.78 is 21.9. The minimum Gasteiger partial charge on any atom is -0.485 e. The van der Waals surface area contributed by atoms with Gasteiger partial charge in [-0.2, -0.15) is 0 Å². The maximum Gasteiger partial charge on any atom is 0.234 e. The maximum absolute atomic E-state index is 13.9. The molecule has 0 saturated carbocycles. The van der Waals surface area contributed by atoms with E-state index in [1.807, 2.05) is 67.8 Å². The number of rotatable bonds is 8. The van der Waals surface area contributed by atoms with Gasteiger partial charge < -0.3 is 10.1 Å². The molecule has 0 spiro atoms.